The number of fused-ring (bicyclic) bond motifs is 5. The first-order valence-corrected chi connectivity index (χ1v) is 8.93. The molecule has 4 N–H and O–H groups in total. The Morgan fingerprint density at radius 2 is 1.96 bits per heavy atom. The van der Waals surface area contributed by atoms with E-state index in [1.807, 2.05) is 6.08 Å². The van der Waals surface area contributed by atoms with Gasteiger partial charge in [-0.15, -0.1) is 0 Å². The van der Waals surface area contributed by atoms with E-state index >= 15 is 0 Å². The fourth-order valence-corrected chi connectivity index (χ4v) is 6.07. The Labute approximate surface area is 137 Å². The summed E-state index contributed by atoms with van der Waals surface area (Å²) in [6, 6.07) is -0.438. The van der Waals surface area contributed by atoms with Crippen LogP contribution in [0, 0.1) is 28.6 Å². The molecule has 9 atom stereocenters. The monoisotopic (exact) mass is 321 g/mol. The highest BCUT2D eigenvalue weighted by Gasteiger charge is 2.60. The Kier molecular flexibility index (Phi) is 3.37. The van der Waals surface area contributed by atoms with E-state index in [0.29, 0.717) is 19.3 Å². The summed E-state index contributed by atoms with van der Waals surface area (Å²) in [5.74, 6) is 0.364. The minimum Gasteiger partial charge on any atom is -0.392 e. The van der Waals surface area contributed by atoms with Gasteiger partial charge in [-0.1, -0.05) is 37.6 Å². The minimum absolute atomic E-state index is 0.00157. The Morgan fingerprint density at radius 1 is 1.22 bits per heavy atom. The smallest absolute Gasteiger partial charge is 0.116 e. The molecule has 0 spiro atoms. The first kappa shape index (κ1) is 15.8. The number of hydrogen-bond acceptors (Lipinski definition) is 3. The Bertz CT molecular complexity index is 576. The Morgan fingerprint density at radius 3 is 2.70 bits per heavy atom. The van der Waals surface area contributed by atoms with Crippen LogP contribution in [0.3, 0.4) is 0 Å². The average molecular weight is 321 g/mol. The first-order chi connectivity index (χ1) is 10.8. The van der Waals surface area contributed by atoms with Crippen molar-refractivity contribution in [1.29, 1.82) is 0 Å². The molecule has 2 saturated carbocycles. The maximum atomic E-state index is 14.4. The zero-order chi connectivity index (χ0) is 16.6. The molecule has 4 heteroatoms. The van der Waals surface area contributed by atoms with Crippen molar-refractivity contribution in [2.24, 2.45) is 34.3 Å². The summed E-state index contributed by atoms with van der Waals surface area (Å²) in [6.07, 6.45) is 7.02. The van der Waals surface area contributed by atoms with Crippen LogP contribution in [0.5, 0.6) is 0 Å². The van der Waals surface area contributed by atoms with Crippen LogP contribution >= 0.6 is 0 Å². The van der Waals surface area contributed by atoms with E-state index in [2.05, 4.69) is 26.0 Å². The van der Waals surface area contributed by atoms with E-state index < -0.39 is 24.4 Å². The molecule has 0 aromatic rings. The van der Waals surface area contributed by atoms with Crippen molar-refractivity contribution in [1.82, 2.24) is 0 Å². The van der Waals surface area contributed by atoms with Gasteiger partial charge in [0.25, 0.3) is 0 Å². The molecule has 3 nitrogen and oxygen atoms in total. The second-order valence-corrected chi connectivity index (χ2v) is 8.72. The van der Waals surface area contributed by atoms with E-state index in [1.165, 1.54) is 5.57 Å². The van der Waals surface area contributed by atoms with Crippen molar-refractivity contribution in [3.8, 4) is 0 Å². The third-order valence-corrected chi connectivity index (χ3v) is 7.63. The molecule has 0 bridgehead atoms. The highest BCUT2D eigenvalue weighted by Crippen LogP contribution is 2.63. The molecule has 0 aromatic carbocycles. The predicted octanol–water partition coefficient (Wildman–Crippen LogP) is 2.33. The van der Waals surface area contributed by atoms with Gasteiger partial charge in [0, 0.05) is 17.4 Å². The maximum Gasteiger partial charge on any atom is 0.116 e. The van der Waals surface area contributed by atoms with Gasteiger partial charge in [0.1, 0.15) is 6.17 Å². The molecule has 4 rings (SSSR count). The highest BCUT2D eigenvalue weighted by atomic mass is 19.1. The molecule has 0 aromatic heterocycles. The Hall–Kier alpha value is -0.710. The zero-order valence-electron chi connectivity index (χ0n) is 14.0. The summed E-state index contributed by atoms with van der Waals surface area (Å²) >= 11 is 0. The van der Waals surface area contributed by atoms with Gasteiger partial charge in [0.15, 0.2) is 0 Å². The number of hydrogen-bond donors (Lipinski definition) is 3. The molecule has 4 aliphatic rings. The third kappa shape index (κ3) is 1.98. The van der Waals surface area contributed by atoms with Crippen LogP contribution in [0.4, 0.5) is 4.39 Å². The van der Waals surface area contributed by atoms with Crippen molar-refractivity contribution in [3.63, 3.8) is 0 Å². The van der Waals surface area contributed by atoms with E-state index in [1.54, 1.807) is 0 Å². The lowest BCUT2D eigenvalue weighted by Crippen LogP contribution is -2.54. The van der Waals surface area contributed by atoms with Crippen molar-refractivity contribution in [2.45, 2.75) is 64.0 Å². The maximum absolute atomic E-state index is 14.4. The van der Waals surface area contributed by atoms with E-state index in [-0.39, 0.29) is 28.6 Å². The number of aliphatic hydroxyl groups excluding tert-OH is 2. The second kappa shape index (κ2) is 4.90. The average Bonchev–Trinajstić information content (AvgIpc) is 2.73. The summed E-state index contributed by atoms with van der Waals surface area (Å²) in [4.78, 5) is 0. The lowest BCUT2D eigenvalue weighted by molar-refractivity contribution is -0.0340. The molecule has 128 valence electrons. The molecule has 0 heterocycles. The van der Waals surface area contributed by atoms with Gasteiger partial charge in [-0.05, 0) is 42.9 Å². The van der Waals surface area contributed by atoms with Gasteiger partial charge >= 0.3 is 0 Å². The van der Waals surface area contributed by atoms with Crippen LogP contribution in [-0.4, -0.2) is 34.6 Å². The van der Waals surface area contributed by atoms with Crippen LogP contribution in [-0.2, 0) is 0 Å². The van der Waals surface area contributed by atoms with Gasteiger partial charge in [-0.25, -0.2) is 4.39 Å². The topological polar surface area (TPSA) is 66.5 Å². The third-order valence-electron chi connectivity index (χ3n) is 7.63. The van der Waals surface area contributed by atoms with Gasteiger partial charge in [0.05, 0.1) is 12.2 Å². The Balaban J connectivity index is 1.78. The van der Waals surface area contributed by atoms with Gasteiger partial charge in [0.2, 0.25) is 0 Å². The fraction of sp³-hybridized carbons (Fsp3) is 0.789. The molecule has 5 unspecified atom stereocenters. The van der Waals surface area contributed by atoms with Crippen LogP contribution in [0.1, 0.15) is 39.5 Å². The van der Waals surface area contributed by atoms with Crippen molar-refractivity contribution < 1.29 is 14.6 Å². The molecule has 23 heavy (non-hydrogen) atoms. The minimum atomic E-state index is -0.973. The SMILES string of the molecule is C[C@]12C=CC(O)CC1CC(O)[C@@H]1C2=CC[C@]2(C)C(N)C(F)C[C@@H]12. The normalized spacial score (nSPS) is 58.2. The van der Waals surface area contributed by atoms with Crippen LogP contribution in [0.2, 0.25) is 0 Å². The highest BCUT2D eigenvalue weighted by molar-refractivity contribution is 5.36. The number of alkyl halides is 1. The van der Waals surface area contributed by atoms with Crippen LogP contribution in [0.15, 0.2) is 23.8 Å². The van der Waals surface area contributed by atoms with Crippen LogP contribution in [0.25, 0.3) is 0 Å². The largest absolute Gasteiger partial charge is 0.392 e. The lowest BCUT2D eigenvalue weighted by atomic mass is 9.49. The van der Waals surface area contributed by atoms with Crippen molar-refractivity contribution >= 4 is 0 Å². The van der Waals surface area contributed by atoms with Crippen LogP contribution < -0.4 is 5.73 Å². The molecule has 0 radical (unpaired) electrons. The number of rotatable bonds is 0. The van der Waals surface area contributed by atoms with Crippen molar-refractivity contribution in [2.75, 3.05) is 0 Å². The molecular formula is C19H28FNO2. The quantitative estimate of drug-likeness (QED) is 0.600. The van der Waals surface area contributed by atoms with Gasteiger partial charge < -0.3 is 15.9 Å². The molecule has 4 aliphatic carbocycles. The van der Waals surface area contributed by atoms with Crippen molar-refractivity contribution in [3.05, 3.63) is 23.8 Å². The standard InChI is InChI=1S/C19H28FNO2/c1-18-5-3-11(22)7-10(18)8-15(23)16-12(18)4-6-19(2)13(16)9-14(20)17(19)21/h3-5,10-11,13-17,22-23H,6-9,21H2,1-2H3/t10?,11?,13-,14?,15?,16+,17?,18-,19-/m0/s1. The number of nitrogens with two attached hydrogens (primary N) is 1. The zero-order valence-corrected chi connectivity index (χ0v) is 14.0. The van der Waals surface area contributed by atoms with E-state index in [0.717, 1.165) is 6.42 Å². The van der Waals surface area contributed by atoms with Gasteiger partial charge in [-0.2, -0.15) is 0 Å². The lowest BCUT2D eigenvalue weighted by Gasteiger charge is -2.56. The second-order valence-electron chi connectivity index (χ2n) is 8.72. The van der Waals surface area contributed by atoms with Gasteiger partial charge in [-0.3, -0.25) is 0 Å². The first-order valence-electron chi connectivity index (χ1n) is 8.93. The number of aliphatic hydroxyl groups is 2. The summed E-state index contributed by atoms with van der Waals surface area (Å²) in [7, 11) is 0. The summed E-state index contributed by atoms with van der Waals surface area (Å²) in [5, 5.41) is 20.8. The van der Waals surface area contributed by atoms with E-state index in [9.17, 15) is 14.6 Å². The number of allylic oxidation sites excluding steroid dienone is 2. The fourth-order valence-electron chi connectivity index (χ4n) is 6.07. The number of halogens is 1. The molecule has 0 aliphatic heterocycles. The predicted molar refractivity (Wildman–Crippen MR) is 87.3 cm³/mol. The molecule has 0 amide bonds. The summed E-state index contributed by atoms with van der Waals surface area (Å²) in [5.41, 5.74) is 7.07. The van der Waals surface area contributed by atoms with E-state index in [4.69, 9.17) is 5.73 Å². The molecule has 2 fully saturated rings. The molecule has 0 saturated heterocycles. The summed E-state index contributed by atoms with van der Waals surface area (Å²) < 4.78 is 14.4. The summed E-state index contributed by atoms with van der Waals surface area (Å²) in [6.45, 7) is 4.31. The molecular weight excluding hydrogens is 293 g/mol.